The van der Waals surface area contributed by atoms with E-state index < -0.39 is 5.97 Å². The molecule has 1 aliphatic rings. The van der Waals surface area contributed by atoms with Gasteiger partial charge in [-0.1, -0.05) is 32.0 Å². The molecule has 0 radical (unpaired) electrons. The van der Waals surface area contributed by atoms with Crippen LogP contribution >= 0.6 is 11.3 Å². The van der Waals surface area contributed by atoms with Gasteiger partial charge in [0.05, 0.1) is 10.6 Å². The van der Waals surface area contributed by atoms with Gasteiger partial charge in [-0.15, -0.1) is 11.3 Å². The number of hydrazone groups is 1. The third-order valence-electron chi connectivity index (χ3n) is 5.54. The molecular weight excluding hydrogens is 424 g/mol. The summed E-state index contributed by atoms with van der Waals surface area (Å²) >= 11 is 1.36. The van der Waals surface area contributed by atoms with Crippen molar-refractivity contribution in [2.45, 2.75) is 52.9 Å². The van der Waals surface area contributed by atoms with Crippen molar-refractivity contribution in [1.29, 1.82) is 0 Å². The molecule has 1 aromatic carbocycles. The maximum Gasteiger partial charge on any atom is 0.379 e. The Bertz CT molecular complexity index is 1190. The van der Waals surface area contributed by atoms with Crippen molar-refractivity contribution in [1.82, 2.24) is 5.43 Å². The fourth-order valence-electron chi connectivity index (χ4n) is 3.91. The largest absolute Gasteiger partial charge is 0.453 e. The molecule has 2 heterocycles. The number of hydrogen-bond donors (Lipinski definition) is 1. The van der Waals surface area contributed by atoms with Gasteiger partial charge in [0, 0.05) is 17.5 Å². The van der Waals surface area contributed by atoms with Crippen molar-refractivity contribution in [2.24, 2.45) is 5.10 Å². The average Bonchev–Trinajstić information content (AvgIpc) is 3.41. The molecule has 7 heteroatoms. The van der Waals surface area contributed by atoms with Crippen LogP contribution in [-0.4, -0.2) is 17.6 Å². The summed E-state index contributed by atoms with van der Waals surface area (Å²) in [5.41, 5.74) is 6.81. The number of rotatable bonds is 5. The highest BCUT2D eigenvalue weighted by Gasteiger charge is 2.29. The number of carbonyl (C=O) groups is 2. The van der Waals surface area contributed by atoms with Gasteiger partial charge < -0.3 is 9.15 Å². The van der Waals surface area contributed by atoms with E-state index in [-0.39, 0.29) is 17.6 Å². The van der Waals surface area contributed by atoms with Crippen molar-refractivity contribution in [3.8, 4) is 5.75 Å². The summed E-state index contributed by atoms with van der Waals surface area (Å²) in [5.74, 6) is 0.891. The molecule has 0 aliphatic heterocycles. The molecule has 32 heavy (non-hydrogen) atoms. The monoisotopic (exact) mass is 450 g/mol. The van der Waals surface area contributed by atoms with E-state index in [0.717, 1.165) is 28.8 Å². The number of aryl methyl sites for hydroxylation is 2. The highest BCUT2D eigenvalue weighted by atomic mass is 32.1. The fraction of sp³-hybridized carbons (Fsp3) is 0.320. The fourth-order valence-corrected chi connectivity index (χ4v) is 4.52. The minimum atomic E-state index is -0.522. The summed E-state index contributed by atoms with van der Waals surface area (Å²) in [6, 6.07) is 9.45. The van der Waals surface area contributed by atoms with Gasteiger partial charge in [0.25, 0.3) is 5.91 Å². The smallest absolute Gasteiger partial charge is 0.379 e. The Morgan fingerprint density at radius 3 is 2.72 bits per heavy atom. The van der Waals surface area contributed by atoms with Crippen molar-refractivity contribution in [2.75, 3.05) is 0 Å². The summed E-state index contributed by atoms with van der Waals surface area (Å²) in [6.45, 7) is 7.92. The highest BCUT2D eigenvalue weighted by Crippen LogP contribution is 2.32. The van der Waals surface area contributed by atoms with Gasteiger partial charge >= 0.3 is 5.97 Å². The number of fused-ring (bicyclic) bond motifs is 1. The summed E-state index contributed by atoms with van der Waals surface area (Å²) in [5, 5.41) is 6.20. The molecule has 6 nitrogen and oxygen atoms in total. The van der Waals surface area contributed by atoms with Crippen LogP contribution in [0.2, 0.25) is 0 Å². The van der Waals surface area contributed by atoms with Gasteiger partial charge in [0.1, 0.15) is 11.5 Å². The van der Waals surface area contributed by atoms with Crippen LogP contribution in [0.25, 0.3) is 0 Å². The summed E-state index contributed by atoms with van der Waals surface area (Å²) < 4.78 is 11.7. The lowest BCUT2D eigenvalue weighted by atomic mass is 9.93. The predicted molar refractivity (Wildman–Crippen MR) is 125 cm³/mol. The quantitative estimate of drug-likeness (QED) is 0.304. The molecule has 0 atom stereocenters. The van der Waals surface area contributed by atoms with Crippen LogP contribution in [0, 0.1) is 13.8 Å². The van der Waals surface area contributed by atoms with Gasteiger partial charge in [-0.25, -0.2) is 10.2 Å². The third kappa shape index (κ3) is 4.39. The molecule has 0 saturated carbocycles. The second-order valence-electron chi connectivity index (χ2n) is 8.27. The highest BCUT2D eigenvalue weighted by molar-refractivity contribution is 7.12. The van der Waals surface area contributed by atoms with E-state index in [0.29, 0.717) is 34.8 Å². The number of nitrogens with one attached hydrogen (secondary N) is 1. The molecule has 166 valence electrons. The van der Waals surface area contributed by atoms with Crippen molar-refractivity contribution in [3.05, 3.63) is 74.4 Å². The Hall–Kier alpha value is -3.19. The Balaban J connectivity index is 1.60. The minimum absolute atomic E-state index is 0.186. The molecule has 4 rings (SSSR count). The number of benzene rings is 1. The van der Waals surface area contributed by atoms with Gasteiger partial charge in [-0.2, -0.15) is 5.10 Å². The SMILES string of the molecule is Cc1ccc(C(C)C)c(OC(=O)c2oc3c(c2C)/C(=N/NC(=O)c2cccs2)CCC3)c1. The second-order valence-corrected chi connectivity index (χ2v) is 9.22. The second kappa shape index (κ2) is 9.12. The van der Waals surface area contributed by atoms with Gasteiger partial charge in [-0.3, -0.25) is 4.79 Å². The van der Waals surface area contributed by atoms with E-state index in [4.69, 9.17) is 9.15 Å². The van der Waals surface area contributed by atoms with Crippen LogP contribution in [0.15, 0.2) is 45.2 Å². The maximum absolute atomic E-state index is 13.0. The zero-order chi connectivity index (χ0) is 22.8. The average molecular weight is 451 g/mol. The first kappa shape index (κ1) is 22.0. The number of carbonyl (C=O) groups excluding carboxylic acids is 2. The Morgan fingerprint density at radius 1 is 1.19 bits per heavy atom. The third-order valence-corrected chi connectivity index (χ3v) is 6.41. The first-order chi connectivity index (χ1) is 15.3. The lowest BCUT2D eigenvalue weighted by Gasteiger charge is -2.13. The summed E-state index contributed by atoms with van der Waals surface area (Å²) in [7, 11) is 0. The number of nitrogens with zero attached hydrogens (tertiary/aromatic N) is 1. The number of hydrogen-bond acceptors (Lipinski definition) is 6. The number of thiophene rings is 1. The zero-order valence-corrected chi connectivity index (χ0v) is 19.5. The van der Waals surface area contributed by atoms with E-state index >= 15 is 0 Å². The first-order valence-electron chi connectivity index (χ1n) is 10.7. The number of amides is 1. The van der Waals surface area contributed by atoms with Crippen molar-refractivity contribution < 1.29 is 18.7 Å². The molecule has 2 aromatic heterocycles. The van der Waals surface area contributed by atoms with Crippen LogP contribution in [0.1, 0.15) is 80.8 Å². The Morgan fingerprint density at radius 2 is 2.00 bits per heavy atom. The van der Waals surface area contributed by atoms with Crippen molar-refractivity contribution >= 4 is 28.9 Å². The van der Waals surface area contributed by atoms with Gasteiger partial charge in [0.2, 0.25) is 5.76 Å². The number of ether oxygens (including phenoxy) is 1. The van der Waals surface area contributed by atoms with E-state index in [9.17, 15) is 9.59 Å². The first-order valence-corrected chi connectivity index (χ1v) is 11.6. The predicted octanol–water partition coefficient (Wildman–Crippen LogP) is 5.77. The molecule has 0 saturated heterocycles. The topological polar surface area (TPSA) is 80.9 Å². The normalized spacial score (nSPS) is 14.5. The van der Waals surface area contributed by atoms with E-state index in [2.05, 4.69) is 24.4 Å². The zero-order valence-electron chi connectivity index (χ0n) is 18.7. The lowest BCUT2D eigenvalue weighted by Crippen LogP contribution is -2.21. The van der Waals surface area contributed by atoms with Gasteiger partial charge in [0.15, 0.2) is 0 Å². The number of esters is 1. The van der Waals surface area contributed by atoms with Gasteiger partial charge in [-0.05, 0) is 61.2 Å². The molecule has 1 N–H and O–H groups in total. The van der Waals surface area contributed by atoms with E-state index in [1.807, 2.05) is 43.5 Å². The van der Waals surface area contributed by atoms with Crippen LogP contribution in [0.5, 0.6) is 5.75 Å². The van der Waals surface area contributed by atoms with E-state index in [1.165, 1.54) is 11.3 Å². The Labute approximate surface area is 191 Å². The maximum atomic E-state index is 13.0. The van der Waals surface area contributed by atoms with Crippen LogP contribution < -0.4 is 10.2 Å². The molecule has 0 bridgehead atoms. The molecule has 0 unspecified atom stereocenters. The summed E-state index contributed by atoms with van der Waals surface area (Å²) in [6.07, 6.45) is 2.24. The standard InChI is InChI=1S/C25H26N2O4S/c1-14(2)17-11-10-15(3)13-20(17)31-25(29)23-16(4)22-18(7-5-8-19(22)30-23)26-27-24(28)21-9-6-12-32-21/h6,9-14H,5,7-8H2,1-4H3,(H,27,28)/b26-18+. The summed E-state index contributed by atoms with van der Waals surface area (Å²) in [4.78, 5) is 25.9. The molecule has 0 fully saturated rings. The Kier molecular flexibility index (Phi) is 6.28. The number of furan rings is 1. The van der Waals surface area contributed by atoms with Crippen molar-refractivity contribution in [3.63, 3.8) is 0 Å². The van der Waals surface area contributed by atoms with E-state index in [1.54, 1.807) is 6.07 Å². The van der Waals surface area contributed by atoms with Crippen LogP contribution in [0.4, 0.5) is 0 Å². The minimum Gasteiger partial charge on any atom is -0.453 e. The molecule has 1 amide bonds. The lowest BCUT2D eigenvalue weighted by molar-refractivity contribution is 0.0696. The molecule has 0 spiro atoms. The van der Waals surface area contributed by atoms with Crippen LogP contribution in [-0.2, 0) is 6.42 Å². The molecular formula is C25H26N2O4S. The molecule has 3 aromatic rings. The molecule has 1 aliphatic carbocycles. The van der Waals surface area contributed by atoms with Crippen LogP contribution in [0.3, 0.4) is 0 Å².